The molecule has 1 aromatic carbocycles. The normalized spacial score (nSPS) is 18.3. The molecule has 0 saturated heterocycles. The zero-order valence-corrected chi connectivity index (χ0v) is 20.2. The second kappa shape index (κ2) is 9.01. The Balaban J connectivity index is 1.59. The number of carbonyl (C=O) groups excluding carboxylic acids is 2. The molecule has 0 radical (unpaired) electrons. The Morgan fingerprint density at radius 1 is 1.23 bits per heavy atom. The molecule has 14 heteroatoms. The molecule has 0 saturated carbocycles. The monoisotopic (exact) mass is 544 g/mol. The van der Waals surface area contributed by atoms with Crippen LogP contribution in [0, 0.1) is 5.82 Å². The highest BCUT2D eigenvalue weighted by Crippen LogP contribution is 2.47. The highest BCUT2D eigenvalue weighted by atomic mass is 19.4. The third kappa shape index (κ3) is 4.31. The van der Waals surface area contributed by atoms with Crippen molar-refractivity contribution in [2.24, 2.45) is 5.73 Å². The van der Waals surface area contributed by atoms with Crippen molar-refractivity contribution in [1.29, 1.82) is 0 Å². The number of nitrogens with zero attached hydrogens (tertiary/aromatic N) is 4. The van der Waals surface area contributed by atoms with E-state index >= 15 is 0 Å². The summed E-state index contributed by atoms with van der Waals surface area (Å²) in [6.45, 7) is -0.241. The van der Waals surface area contributed by atoms with Crippen LogP contribution >= 0.6 is 0 Å². The molecular weight excluding hydrogens is 524 g/mol. The second-order valence-electron chi connectivity index (χ2n) is 9.24. The van der Waals surface area contributed by atoms with Crippen LogP contribution in [-0.4, -0.2) is 55.6 Å². The van der Waals surface area contributed by atoms with Crippen LogP contribution in [0.1, 0.15) is 28.5 Å². The molecule has 0 fully saturated rings. The summed E-state index contributed by atoms with van der Waals surface area (Å²) in [5.74, 6) is -2.19. The number of hydrogen-bond donors (Lipinski definition) is 3. The van der Waals surface area contributed by atoms with Crippen molar-refractivity contribution in [3.05, 3.63) is 77.8 Å². The van der Waals surface area contributed by atoms with Crippen molar-refractivity contribution in [3.63, 3.8) is 0 Å². The zero-order chi connectivity index (χ0) is 28.2. The molecule has 4 aromatic rings. The van der Waals surface area contributed by atoms with Gasteiger partial charge in [0.25, 0.3) is 5.91 Å². The molecule has 4 N–H and O–H groups in total. The average Bonchev–Trinajstić information content (AvgIpc) is 3.51. The molecule has 39 heavy (non-hydrogen) atoms. The molecule has 2 atom stereocenters. The molecule has 0 aliphatic carbocycles. The van der Waals surface area contributed by atoms with Gasteiger partial charge in [0, 0.05) is 35.9 Å². The van der Waals surface area contributed by atoms with Crippen LogP contribution in [0.5, 0.6) is 5.75 Å². The van der Waals surface area contributed by atoms with E-state index in [1.54, 1.807) is 0 Å². The van der Waals surface area contributed by atoms with Crippen LogP contribution in [0.2, 0.25) is 0 Å². The van der Waals surface area contributed by atoms with E-state index in [9.17, 15) is 32.3 Å². The number of imidazole rings is 1. The van der Waals surface area contributed by atoms with Gasteiger partial charge in [-0.2, -0.15) is 13.2 Å². The number of primary amides is 1. The molecule has 4 heterocycles. The minimum atomic E-state index is -5.34. The minimum absolute atomic E-state index is 0.0278. The average molecular weight is 544 g/mol. The van der Waals surface area contributed by atoms with E-state index in [4.69, 9.17) is 10.5 Å². The molecule has 1 aliphatic heterocycles. The van der Waals surface area contributed by atoms with Crippen LogP contribution in [-0.2, 0) is 15.8 Å². The lowest BCUT2D eigenvalue weighted by Gasteiger charge is -2.31. The van der Waals surface area contributed by atoms with E-state index in [0.29, 0.717) is 0 Å². The number of nitrogens with two attached hydrogens (primary N) is 1. The molecule has 202 valence electrons. The topological polar surface area (TPSA) is 145 Å². The fraction of sp³-hybridized carbons (Fsp3) is 0.240. The number of carbonyl (C=O) groups is 2. The number of ether oxygens (including phenoxy) is 1. The Labute approximate surface area is 217 Å². The fourth-order valence-corrected chi connectivity index (χ4v) is 4.18. The molecule has 3 aromatic heterocycles. The van der Waals surface area contributed by atoms with E-state index < -0.39 is 47.1 Å². The number of nitrogens with one attached hydrogen (secondary N) is 1. The minimum Gasteiger partial charge on any atom is -0.489 e. The van der Waals surface area contributed by atoms with E-state index in [1.165, 1.54) is 42.0 Å². The predicted molar refractivity (Wildman–Crippen MR) is 127 cm³/mol. The number of pyridine rings is 1. The maximum atomic E-state index is 14.5. The molecule has 0 bridgehead atoms. The first kappa shape index (κ1) is 26.0. The highest BCUT2D eigenvalue weighted by Gasteiger charge is 2.57. The van der Waals surface area contributed by atoms with Crippen LogP contribution in [0.25, 0.3) is 17.0 Å². The lowest BCUT2D eigenvalue weighted by molar-refractivity contribution is -0.265. The molecular formula is C25H20F4N6O4. The SMILES string of the molecule is C[C@]1(C(N)=O)COc2c1cc(C(O)(CNC(=O)c1cnc3nccn3c1)C(F)(F)F)nc2-c1ccc(F)cc1. The lowest BCUT2D eigenvalue weighted by Crippen LogP contribution is -2.51. The predicted octanol–water partition coefficient (Wildman–Crippen LogP) is 2.25. The van der Waals surface area contributed by atoms with Gasteiger partial charge in [0.1, 0.15) is 29.3 Å². The molecule has 5 rings (SSSR count). The smallest absolute Gasteiger partial charge is 0.424 e. The van der Waals surface area contributed by atoms with Crippen molar-refractivity contribution in [2.75, 3.05) is 13.2 Å². The maximum Gasteiger partial charge on any atom is 0.424 e. The summed E-state index contributed by atoms with van der Waals surface area (Å²) in [6, 6.07) is 5.55. The Morgan fingerprint density at radius 2 is 1.95 bits per heavy atom. The fourth-order valence-electron chi connectivity index (χ4n) is 4.18. The van der Waals surface area contributed by atoms with Crippen LogP contribution in [0.4, 0.5) is 17.6 Å². The number of amides is 2. The Kier molecular flexibility index (Phi) is 6.01. The number of fused-ring (bicyclic) bond motifs is 2. The summed E-state index contributed by atoms with van der Waals surface area (Å²) in [7, 11) is 0. The first-order chi connectivity index (χ1) is 18.3. The van der Waals surface area contributed by atoms with Gasteiger partial charge in [0.15, 0.2) is 0 Å². The summed E-state index contributed by atoms with van der Waals surface area (Å²) in [5.41, 5.74) is -0.765. The van der Waals surface area contributed by atoms with E-state index in [-0.39, 0.29) is 40.5 Å². The van der Waals surface area contributed by atoms with Crippen molar-refractivity contribution in [2.45, 2.75) is 24.1 Å². The van der Waals surface area contributed by atoms with Gasteiger partial charge in [-0.3, -0.25) is 14.0 Å². The van der Waals surface area contributed by atoms with E-state index in [2.05, 4.69) is 20.3 Å². The largest absolute Gasteiger partial charge is 0.489 e. The number of halogens is 4. The number of benzene rings is 1. The maximum absolute atomic E-state index is 14.5. The highest BCUT2D eigenvalue weighted by molar-refractivity contribution is 5.94. The first-order valence-corrected chi connectivity index (χ1v) is 11.4. The van der Waals surface area contributed by atoms with Gasteiger partial charge < -0.3 is 20.9 Å². The first-order valence-electron chi connectivity index (χ1n) is 11.4. The van der Waals surface area contributed by atoms with Crippen molar-refractivity contribution >= 4 is 17.6 Å². The number of alkyl halides is 3. The number of hydrogen-bond acceptors (Lipinski definition) is 7. The van der Waals surface area contributed by atoms with Gasteiger partial charge in [-0.15, -0.1) is 0 Å². The van der Waals surface area contributed by atoms with E-state index in [0.717, 1.165) is 24.4 Å². The van der Waals surface area contributed by atoms with Gasteiger partial charge in [-0.05, 0) is 37.3 Å². The third-order valence-corrected chi connectivity index (χ3v) is 6.64. The summed E-state index contributed by atoms with van der Waals surface area (Å²) >= 11 is 0. The van der Waals surface area contributed by atoms with Gasteiger partial charge in [-0.1, -0.05) is 0 Å². The number of aromatic nitrogens is 4. The summed E-state index contributed by atoms with van der Waals surface area (Å²) < 4.78 is 64.0. The summed E-state index contributed by atoms with van der Waals surface area (Å²) in [4.78, 5) is 36.9. The van der Waals surface area contributed by atoms with Crippen LogP contribution in [0.3, 0.4) is 0 Å². The molecule has 1 unspecified atom stereocenters. The van der Waals surface area contributed by atoms with Gasteiger partial charge >= 0.3 is 6.18 Å². The quantitative estimate of drug-likeness (QED) is 0.316. The third-order valence-electron chi connectivity index (χ3n) is 6.64. The van der Waals surface area contributed by atoms with Crippen molar-refractivity contribution < 1.29 is 37.0 Å². The van der Waals surface area contributed by atoms with Crippen LogP contribution < -0.4 is 15.8 Å². The Hall–Kier alpha value is -4.59. The molecule has 1 aliphatic rings. The zero-order valence-electron chi connectivity index (χ0n) is 20.2. The van der Waals surface area contributed by atoms with Gasteiger partial charge in [0.2, 0.25) is 17.3 Å². The second-order valence-corrected chi connectivity index (χ2v) is 9.24. The number of rotatable bonds is 6. The lowest BCUT2D eigenvalue weighted by atomic mass is 9.81. The van der Waals surface area contributed by atoms with E-state index in [1.807, 2.05) is 0 Å². The van der Waals surface area contributed by atoms with Gasteiger partial charge in [-0.25, -0.2) is 19.3 Å². The van der Waals surface area contributed by atoms with Gasteiger partial charge in [0.05, 0.1) is 17.8 Å². The summed E-state index contributed by atoms with van der Waals surface area (Å²) in [6.07, 6.45) is 0.0206. The molecule has 2 amide bonds. The Bertz CT molecular complexity index is 1610. The molecule has 10 nitrogen and oxygen atoms in total. The molecule has 0 spiro atoms. The van der Waals surface area contributed by atoms with Crippen LogP contribution in [0.15, 0.2) is 55.1 Å². The number of aliphatic hydroxyl groups is 1. The standard InChI is InChI=1S/C25H20F4N6O4/c1-23(21(30)37)12-39-19-16(23)8-17(34-18(19)13-2-4-15(26)5-3-13)24(38,25(27,28)29)11-33-20(36)14-9-32-22-31-6-7-35(22)10-14/h2-10,38H,11-12H2,1H3,(H2,30,37)(H,33,36)/t23-,24?/m0/s1. The Morgan fingerprint density at radius 3 is 2.62 bits per heavy atom. The van der Waals surface area contributed by atoms with Crippen molar-refractivity contribution in [1.82, 2.24) is 24.7 Å². The summed E-state index contributed by atoms with van der Waals surface area (Å²) in [5, 5.41) is 13.1. The van der Waals surface area contributed by atoms with Crippen molar-refractivity contribution in [3.8, 4) is 17.0 Å².